The summed E-state index contributed by atoms with van der Waals surface area (Å²) in [7, 11) is 2.06. The second-order valence-corrected chi connectivity index (χ2v) is 5.99. The van der Waals surface area contributed by atoms with E-state index >= 15 is 0 Å². The van der Waals surface area contributed by atoms with Gasteiger partial charge in [0, 0.05) is 41.2 Å². The molecule has 4 heteroatoms. The molecule has 0 spiro atoms. The predicted molar refractivity (Wildman–Crippen MR) is 92.4 cm³/mol. The van der Waals surface area contributed by atoms with E-state index in [-0.39, 0.29) is 0 Å². The molecule has 106 valence electrons. The van der Waals surface area contributed by atoms with E-state index in [1.807, 2.05) is 12.3 Å². The van der Waals surface area contributed by atoms with Gasteiger partial charge in [0.2, 0.25) is 0 Å². The van der Waals surface area contributed by atoms with Crippen molar-refractivity contribution in [2.45, 2.75) is 6.54 Å². The fourth-order valence-electron chi connectivity index (χ4n) is 2.46. The lowest BCUT2D eigenvalue weighted by molar-refractivity contribution is 0.925. The van der Waals surface area contributed by atoms with Gasteiger partial charge in [-0.2, -0.15) is 0 Å². The molecule has 0 unspecified atom stereocenters. The van der Waals surface area contributed by atoms with E-state index < -0.39 is 0 Å². The molecule has 1 aromatic heterocycles. The Hall–Kier alpha value is -2.07. The van der Waals surface area contributed by atoms with Gasteiger partial charge in [-0.1, -0.05) is 34.1 Å². The summed E-state index contributed by atoms with van der Waals surface area (Å²) in [4.78, 5) is 6.30. The van der Waals surface area contributed by atoms with Crippen LogP contribution in [0.4, 0.5) is 11.4 Å². The minimum Gasteiger partial charge on any atom is -0.397 e. The average molecular weight is 342 g/mol. The minimum absolute atomic E-state index is 0.800. The molecule has 0 bridgehead atoms. The molecular formula is C17H16BrN3. The lowest BCUT2D eigenvalue weighted by Crippen LogP contribution is -2.17. The number of fused-ring (bicyclic) bond motifs is 1. The van der Waals surface area contributed by atoms with E-state index in [4.69, 9.17) is 5.73 Å². The number of hydrogen-bond acceptors (Lipinski definition) is 3. The lowest BCUT2D eigenvalue weighted by Gasteiger charge is -2.22. The van der Waals surface area contributed by atoms with Gasteiger partial charge in [0.15, 0.2) is 0 Å². The fourth-order valence-corrected chi connectivity index (χ4v) is 2.73. The van der Waals surface area contributed by atoms with Gasteiger partial charge in [-0.15, -0.1) is 0 Å². The average Bonchev–Trinajstić information content (AvgIpc) is 2.50. The van der Waals surface area contributed by atoms with Crippen LogP contribution in [0.3, 0.4) is 0 Å². The van der Waals surface area contributed by atoms with Crippen LogP contribution in [-0.4, -0.2) is 12.0 Å². The zero-order valence-electron chi connectivity index (χ0n) is 11.8. The highest BCUT2D eigenvalue weighted by molar-refractivity contribution is 9.10. The van der Waals surface area contributed by atoms with Gasteiger partial charge >= 0.3 is 0 Å². The number of anilines is 2. The summed E-state index contributed by atoms with van der Waals surface area (Å²) in [5, 5.41) is 2.11. The summed E-state index contributed by atoms with van der Waals surface area (Å²) in [6.07, 6.45) is 3.61. The van der Waals surface area contributed by atoms with Crippen molar-refractivity contribution in [2.75, 3.05) is 17.7 Å². The number of pyridine rings is 1. The van der Waals surface area contributed by atoms with Gasteiger partial charge in [0.25, 0.3) is 0 Å². The molecule has 3 aromatic rings. The van der Waals surface area contributed by atoms with E-state index in [1.54, 1.807) is 6.20 Å². The van der Waals surface area contributed by atoms with Gasteiger partial charge in [0.05, 0.1) is 11.4 Å². The van der Waals surface area contributed by atoms with E-state index in [2.05, 4.69) is 69.3 Å². The fraction of sp³-hybridized carbons (Fsp3) is 0.118. The third kappa shape index (κ3) is 2.85. The van der Waals surface area contributed by atoms with E-state index in [1.165, 1.54) is 5.56 Å². The van der Waals surface area contributed by atoms with Crippen molar-refractivity contribution < 1.29 is 0 Å². The van der Waals surface area contributed by atoms with Gasteiger partial charge in [-0.05, 0) is 29.8 Å². The van der Waals surface area contributed by atoms with Crippen LogP contribution in [0.2, 0.25) is 0 Å². The van der Waals surface area contributed by atoms with Crippen LogP contribution in [0.15, 0.2) is 59.3 Å². The molecule has 3 rings (SSSR count). The van der Waals surface area contributed by atoms with Crippen LogP contribution in [-0.2, 0) is 6.54 Å². The summed E-state index contributed by atoms with van der Waals surface area (Å²) in [5.41, 5.74) is 9.41. The zero-order valence-corrected chi connectivity index (χ0v) is 13.3. The molecule has 0 amide bonds. The van der Waals surface area contributed by atoms with Crippen LogP contribution in [0.1, 0.15) is 5.56 Å². The van der Waals surface area contributed by atoms with E-state index in [0.717, 1.165) is 33.2 Å². The van der Waals surface area contributed by atoms with Crippen molar-refractivity contribution in [3.63, 3.8) is 0 Å². The molecule has 0 saturated carbocycles. The Bertz CT molecular complexity index is 769. The van der Waals surface area contributed by atoms with Gasteiger partial charge in [-0.25, -0.2) is 0 Å². The first-order valence-electron chi connectivity index (χ1n) is 6.73. The molecule has 3 nitrogen and oxygen atoms in total. The number of nitrogen functional groups attached to an aromatic ring is 1. The highest BCUT2D eigenvalue weighted by Gasteiger charge is 2.09. The van der Waals surface area contributed by atoms with E-state index in [9.17, 15) is 0 Å². The lowest BCUT2D eigenvalue weighted by atomic mass is 10.1. The molecule has 0 radical (unpaired) electrons. The largest absolute Gasteiger partial charge is 0.397 e. The highest BCUT2D eigenvalue weighted by atomic mass is 79.9. The highest BCUT2D eigenvalue weighted by Crippen LogP contribution is 2.31. The SMILES string of the molecule is CN(Cc1ccc(Br)cc1)c1ccc2cnccc2c1N. The molecule has 0 fully saturated rings. The maximum Gasteiger partial charge on any atom is 0.0632 e. The van der Waals surface area contributed by atoms with Crippen molar-refractivity contribution in [3.05, 3.63) is 64.9 Å². The number of nitrogens with two attached hydrogens (primary N) is 1. The third-order valence-electron chi connectivity index (χ3n) is 3.58. The molecular weight excluding hydrogens is 326 g/mol. The Morgan fingerprint density at radius 3 is 2.62 bits per heavy atom. The van der Waals surface area contributed by atoms with Crippen LogP contribution in [0.25, 0.3) is 10.8 Å². The number of rotatable bonds is 3. The van der Waals surface area contributed by atoms with Crippen LogP contribution < -0.4 is 10.6 Å². The van der Waals surface area contributed by atoms with Gasteiger partial charge in [-0.3, -0.25) is 4.98 Å². The van der Waals surface area contributed by atoms with Crippen molar-refractivity contribution in [1.29, 1.82) is 0 Å². The third-order valence-corrected chi connectivity index (χ3v) is 4.11. The summed E-state index contributed by atoms with van der Waals surface area (Å²) in [6.45, 7) is 0.814. The molecule has 0 aliphatic carbocycles. The van der Waals surface area contributed by atoms with Crippen LogP contribution in [0, 0.1) is 0 Å². The van der Waals surface area contributed by atoms with Crippen molar-refractivity contribution in [3.8, 4) is 0 Å². The smallest absolute Gasteiger partial charge is 0.0632 e. The van der Waals surface area contributed by atoms with Crippen molar-refractivity contribution in [2.24, 2.45) is 0 Å². The number of benzene rings is 2. The summed E-state index contributed by atoms with van der Waals surface area (Å²) in [6, 6.07) is 14.4. The Labute approximate surface area is 132 Å². The molecule has 2 N–H and O–H groups in total. The molecule has 21 heavy (non-hydrogen) atoms. The molecule has 2 aromatic carbocycles. The van der Waals surface area contributed by atoms with Crippen LogP contribution in [0.5, 0.6) is 0 Å². The first-order valence-corrected chi connectivity index (χ1v) is 7.52. The van der Waals surface area contributed by atoms with Gasteiger partial charge < -0.3 is 10.6 Å². The number of nitrogens with zero attached hydrogens (tertiary/aromatic N) is 2. The summed E-state index contributed by atoms with van der Waals surface area (Å²) >= 11 is 3.46. The number of aromatic nitrogens is 1. The number of halogens is 1. The summed E-state index contributed by atoms with van der Waals surface area (Å²) in [5.74, 6) is 0. The van der Waals surface area contributed by atoms with E-state index in [0.29, 0.717) is 0 Å². The zero-order chi connectivity index (χ0) is 14.8. The Morgan fingerprint density at radius 2 is 1.86 bits per heavy atom. The van der Waals surface area contributed by atoms with Crippen molar-refractivity contribution >= 4 is 38.1 Å². The first-order chi connectivity index (χ1) is 10.1. The Kier molecular flexibility index (Phi) is 3.80. The second-order valence-electron chi connectivity index (χ2n) is 5.08. The maximum absolute atomic E-state index is 6.32. The molecule has 0 saturated heterocycles. The Balaban J connectivity index is 1.92. The number of hydrogen-bond donors (Lipinski definition) is 1. The molecule has 0 aliphatic heterocycles. The minimum atomic E-state index is 0.800. The molecule has 0 atom stereocenters. The maximum atomic E-state index is 6.32. The standard InChI is InChI=1S/C17H16BrN3/c1-21(11-12-2-5-14(18)6-3-12)16-7-4-13-10-20-9-8-15(13)17(16)19/h2-10H,11,19H2,1H3. The quantitative estimate of drug-likeness (QED) is 0.725. The first kappa shape index (κ1) is 13.9. The Morgan fingerprint density at radius 1 is 1.10 bits per heavy atom. The van der Waals surface area contributed by atoms with Gasteiger partial charge in [0.1, 0.15) is 0 Å². The normalized spacial score (nSPS) is 10.8. The summed E-state index contributed by atoms with van der Waals surface area (Å²) < 4.78 is 1.09. The molecule has 1 heterocycles. The molecule has 0 aliphatic rings. The topological polar surface area (TPSA) is 42.2 Å². The van der Waals surface area contributed by atoms with Crippen LogP contribution >= 0.6 is 15.9 Å². The predicted octanol–water partition coefficient (Wildman–Crippen LogP) is 4.22. The monoisotopic (exact) mass is 341 g/mol. The van der Waals surface area contributed by atoms with Crippen molar-refractivity contribution in [1.82, 2.24) is 4.98 Å². The second kappa shape index (κ2) is 5.74.